The Hall–Kier alpha value is -1.68. The Kier molecular flexibility index (Phi) is 4.11. The van der Waals surface area contributed by atoms with Crippen molar-refractivity contribution in [1.82, 2.24) is 9.55 Å². The van der Waals surface area contributed by atoms with Crippen LogP contribution in [0.5, 0.6) is 0 Å². The van der Waals surface area contributed by atoms with Gasteiger partial charge in [0.2, 0.25) is 0 Å². The van der Waals surface area contributed by atoms with Gasteiger partial charge < -0.3 is 4.90 Å². The zero-order chi connectivity index (χ0) is 13.8. The lowest BCUT2D eigenvalue weighted by molar-refractivity contribution is -0.887. The van der Waals surface area contributed by atoms with E-state index in [9.17, 15) is 4.79 Å². The molecule has 2 heterocycles. The third kappa shape index (κ3) is 2.90. The Bertz CT molecular complexity index is 629. The van der Waals surface area contributed by atoms with Crippen LogP contribution in [0.4, 0.5) is 0 Å². The molecule has 0 atom stereocenters. The summed E-state index contributed by atoms with van der Waals surface area (Å²) >= 11 is 0. The summed E-state index contributed by atoms with van der Waals surface area (Å²) in [5.41, 5.74) is 0.874. The van der Waals surface area contributed by atoms with E-state index in [-0.39, 0.29) is 5.56 Å². The first-order valence-corrected chi connectivity index (χ1v) is 7.62. The molecule has 1 aliphatic heterocycles. The molecular formula is C16H22N3O+. The van der Waals surface area contributed by atoms with Crippen LogP contribution in [-0.2, 0) is 6.54 Å². The number of likely N-dealkylation sites (tertiary alicyclic amines) is 1. The molecule has 0 amide bonds. The van der Waals surface area contributed by atoms with E-state index >= 15 is 0 Å². The standard InChI is InChI=1S/C16H21N3O/c20-16-14-7-1-2-8-15(14)17-13-19(16)12-6-5-11-18-9-3-4-10-18/h1-2,7-8,13H,3-6,9-12H2/p+1. The van der Waals surface area contributed by atoms with Crippen LogP contribution in [0, 0.1) is 0 Å². The molecule has 0 aliphatic carbocycles. The van der Waals surface area contributed by atoms with Crippen molar-refractivity contribution in [3.05, 3.63) is 40.9 Å². The van der Waals surface area contributed by atoms with E-state index in [1.165, 1.54) is 38.9 Å². The van der Waals surface area contributed by atoms with Gasteiger partial charge in [0.25, 0.3) is 5.56 Å². The Labute approximate surface area is 119 Å². The Morgan fingerprint density at radius 1 is 1.15 bits per heavy atom. The van der Waals surface area contributed by atoms with Gasteiger partial charge in [0.15, 0.2) is 0 Å². The van der Waals surface area contributed by atoms with Crippen LogP contribution in [0.1, 0.15) is 25.7 Å². The fraction of sp³-hybridized carbons (Fsp3) is 0.500. The van der Waals surface area contributed by atoms with Crippen LogP contribution < -0.4 is 10.5 Å². The van der Waals surface area contributed by atoms with Crippen molar-refractivity contribution in [1.29, 1.82) is 0 Å². The number of para-hydroxylation sites is 1. The lowest BCUT2D eigenvalue weighted by Gasteiger charge is -2.12. The highest BCUT2D eigenvalue weighted by Crippen LogP contribution is 2.05. The molecule has 1 aromatic carbocycles. The molecule has 0 unspecified atom stereocenters. The van der Waals surface area contributed by atoms with Gasteiger partial charge in [-0.15, -0.1) is 0 Å². The number of rotatable bonds is 5. The second-order valence-electron chi connectivity index (χ2n) is 5.67. The van der Waals surface area contributed by atoms with Gasteiger partial charge in [-0.05, 0) is 25.0 Å². The molecule has 3 rings (SSSR count). The number of aromatic nitrogens is 2. The first-order chi connectivity index (χ1) is 9.84. The summed E-state index contributed by atoms with van der Waals surface area (Å²) < 4.78 is 1.75. The molecule has 4 heteroatoms. The van der Waals surface area contributed by atoms with E-state index in [2.05, 4.69) is 4.98 Å². The van der Waals surface area contributed by atoms with Crippen molar-refractivity contribution in [2.24, 2.45) is 0 Å². The molecule has 0 radical (unpaired) electrons. The smallest absolute Gasteiger partial charge is 0.261 e. The quantitative estimate of drug-likeness (QED) is 0.820. The van der Waals surface area contributed by atoms with Gasteiger partial charge in [0, 0.05) is 19.4 Å². The average Bonchev–Trinajstić information content (AvgIpc) is 2.99. The van der Waals surface area contributed by atoms with E-state index in [0.29, 0.717) is 0 Å². The summed E-state index contributed by atoms with van der Waals surface area (Å²) in [4.78, 5) is 18.4. The minimum atomic E-state index is 0.0871. The number of unbranched alkanes of at least 4 members (excludes halogenated alkanes) is 1. The number of quaternary nitrogens is 1. The Morgan fingerprint density at radius 2 is 1.95 bits per heavy atom. The van der Waals surface area contributed by atoms with Crippen molar-refractivity contribution >= 4 is 10.9 Å². The number of hydrogen-bond donors (Lipinski definition) is 1. The number of aryl methyl sites for hydroxylation is 1. The van der Waals surface area contributed by atoms with Crippen molar-refractivity contribution in [2.75, 3.05) is 19.6 Å². The highest BCUT2D eigenvalue weighted by Gasteiger charge is 2.14. The van der Waals surface area contributed by atoms with Crippen molar-refractivity contribution in [3.63, 3.8) is 0 Å². The Morgan fingerprint density at radius 3 is 2.80 bits per heavy atom. The lowest BCUT2D eigenvalue weighted by Crippen LogP contribution is -3.09. The first kappa shape index (κ1) is 13.3. The zero-order valence-corrected chi connectivity index (χ0v) is 11.8. The molecule has 1 fully saturated rings. The molecule has 0 bridgehead atoms. The maximum atomic E-state index is 12.3. The molecule has 106 valence electrons. The van der Waals surface area contributed by atoms with Crippen molar-refractivity contribution in [2.45, 2.75) is 32.2 Å². The summed E-state index contributed by atoms with van der Waals surface area (Å²) in [5.74, 6) is 0. The summed E-state index contributed by atoms with van der Waals surface area (Å²) in [6.07, 6.45) is 6.69. The Balaban J connectivity index is 1.60. The van der Waals surface area contributed by atoms with Gasteiger partial charge in [-0.2, -0.15) is 0 Å². The van der Waals surface area contributed by atoms with Crippen LogP contribution in [0.25, 0.3) is 10.9 Å². The largest absolute Gasteiger partial charge is 0.335 e. The molecule has 1 aromatic heterocycles. The highest BCUT2D eigenvalue weighted by atomic mass is 16.1. The monoisotopic (exact) mass is 272 g/mol. The molecule has 0 saturated carbocycles. The van der Waals surface area contributed by atoms with Gasteiger partial charge in [0.05, 0.1) is 36.9 Å². The summed E-state index contributed by atoms with van der Waals surface area (Å²) in [7, 11) is 0. The fourth-order valence-corrected chi connectivity index (χ4v) is 3.05. The van der Waals surface area contributed by atoms with Gasteiger partial charge in [-0.3, -0.25) is 9.36 Å². The molecule has 4 nitrogen and oxygen atoms in total. The highest BCUT2D eigenvalue weighted by molar-refractivity contribution is 5.76. The van der Waals surface area contributed by atoms with Crippen molar-refractivity contribution < 1.29 is 4.90 Å². The maximum absolute atomic E-state index is 12.3. The topological polar surface area (TPSA) is 39.3 Å². The summed E-state index contributed by atoms with van der Waals surface area (Å²) in [6, 6.07) is 7.55. The van der Waals surface area contributed by atoms with Crippen LogP contribution in [0.3, 0.4) is 0 Å². The average molecular weight is 272 g/mol. The van der Waals surface area contributed by atoms with Gasteiger partial charge >= 0.3 is 0 Å². The number of fused-ring (bicyclic) bond motifs is 1. The third-order valence-electron chi connectivity index (χ3n) is 4.22. The SMILES string of the molecule is O=c1c2ccccc2ncn1CCCC[NH+]1CCCC1. The molecule has 20 heavy (non-hydrogen) atoms. The van der Waals surface area contributed by atoms with Gasteiger partial charge in [0.1, 0.15) is 0 Å². The second kappa shape index (κ2) is 6.18. The maximum Gasteiger partial charge on any atom is 0.261 e. The lowest BCUT2D eigenvalue weighted by atomic mass is 10.2. The van der Waals surface area contributed by atoms with Crippen molar-refractivity contribution in [3.8, 4) is 0 Å². The first-order valence-electron chi connectivity index (χ1n) is 7.62. The predicted molar refractivity (Wildman–Crippen MR) is 80.0 cm³/mol. The van der Waals surface area contributed by atoms with E-state index < -0.39 is 0 Å². The zero-order valence-electron chi connectivity index (χ0n) is 11.8. The summed E-state index contributed by atoms with van der Waals surface area (Å²) in [6.45, 7) is 4.69. The molecule has 2 aromatic rings. The molecule has 1 saturated heterocycles. The molecule has 1 aliphatic rings. The van der Waals surface area contributed by atoms with E-state index in [1.54, 1.807) is 15.8 Å². The summed E-state index contributed by atoms with van der Waals surface area (Å²) in [5, 5.41) is 0.722. The van der Waals surface area contributed by atoms with E-state index in [0.717, 1.165) is 23.9 Å². The predicted octanol–water partition coefficient (Wildman–Crippen LogP) is 0.855. The van der Waals surface area contributed by atoms with Crippen LogP contribution in [-0.4, -0.2) is 29.2 Å². The van der Waals surface area contributed by atoms with Crippen LogP contribution in [0.15, 0.2) is 35.4 Å². The van der Waals surface area contributed by atoms with Gasteiger partial charge in [-0.1, -0.05) is 12.1 Å². The van der Waals surface area contributed by atoms with Crippen LogP contribution in [0.2, 0.25) is 0 Å². The second-order valence-corrected chi connectivity index (χ2v) is 5.67. The molecule has 1 N–H and O–H groups in total. The van der Waals surface area contributed by atoms with E-state index in [4.69, 9.17) is 0 Å². The minimum Gasteiger partial charge on any atom is -0.335 e. The number of benzene rings is 1. The minimum absolute atomic E-state index is 0.0871. The number of hydrogen-bond acceptors (Lipinski definition) is 2. The molecular weight excluding hydrogens is 250 g/mol. The van der Waals surface area contributed by atoms with Crippen LogP contribution >= 0.6 is 0 Å². The normalized spacial score (nSPS) is 16.0. The fourth-order valence-electron chi connectivity index (χ4n) is 3.05. The number of nitrogens with one attached hydrogen (secondary N) is 1. The van der Waals surface area contributed by atoms with Gasteiger partial charge in [-0.25, -0.2) is 4.98 Å². The molecule has 0 spiro atoms. The number of nitrogens with zero attached hydrogens (tertiary/aromatic N) is 2. The third-order valence-corrected chi connectivity index (χ3v) is 4.22. The van der Waals surface area contributed by atoms with E-state index in [1.807, 2.05) is 24.3 Å².